The van der Waals surface area contributed by atoms with Crippen molar-refractivity contribution in [3.63, 3.8) is 0 Å². The zero-order valence-corrected chi connectivity index (χ0v) is 13.0. The van der Waals surface area contributed by atoms with Crippen molar-refractivity contribution in [2.75, 3.05) is 32.7 Å². The van der Waals surface area contributed by atoms with E-state index < -0.39 is 15.8 Å². The predicted octanol–water partition coefficient (Wildman–Crippen LogP) is 0.869. The van der Waals surface area contributed by atoms with Crippen LogP contribution in [0.2, 0.25) is 0 Å². The quantitative estimate of drug-likeness (QED) is 0.875. The first-order valence-electron chi connectivity index (χ1n) is 7.19. The highest BCUT2D eigenvalue weighted by atomic mass is 32.2. The number of benzene rings is 1. The van der Waals surface area contributed by atoms with E-state index in [1.54, 1.807) is 0 Å². The van der Waals surface area contributed by atoms with Crippen molar-refractivity contribution in [1.29, 1.82) is 0 Å². The highest BCUT2D eigenvalue weighted by molar-refractivity contribution is 7.89. The summed E-state index contributed by atoms with van der Waals surface area (Å²) in [5.41, 5.74) is 5.73. The minimum Gasteiger partial charge on any atom is -0.329 e. The zero-order chi connectivity index (χ0) is 15.5. The molecule has 21 heavy (non-hydrogen) atoms. The lowest BCUT2D eigenvalue weighted by Crippen LogP contribution is -2.53. The molecule has 1 unspecified atom stereocenters. The third kappa shape index (κ3) is 3.60. The summed E-state index contributed by atoms with van der Waals surface area (Å²) in [7, 11) is -3.53. The predicted molar refractivity (Wildman–Crippen MR) is 79.9 cm³/mol. The largest absolute Gasteiger partial charge is 0.329 e. The average Bonchev–Trinajstić information content (AvgIpc) is 2.49. The van der Waals surface area contributed by atoms with Crippen LogP contribution in [-0.2, 0) is 10.0 Å². The lowest BCUT2D eigenvalue weighted by Gasteiger charge is -2.38. The van der Waals surface area contributed by atoms with Crippen molar-refractivity contribution in [1.82, 2.24) is 9.21 Å². The Morgan fingerprint density at radius 1 is 1.19 bits per heavy atom. The third-order valence-corrected chi connectivity index (χ3v) is 5.90. The van der Waals surface area contributed by atoms with E-state index in [2.05, 4.69) is 11.8 Å². The Bertz CT molecular complexity index is 550. The second-order valence-electron chi connectivity index (χ2n) is 5.19. The molecule has 7 heteroatoms. The molecular weight excluding hydrogens is 293 g/mol. The van der Waals surface area contributed by atoms with E-state index in [0.717, 1.165) is 6.42 Å². The molecule has 2 rings (SSSR count). The molecule has 1 aliphatic rings. The van der Waals surface area contributed by atoms with Crippen LogP contribution in [0.25, 0.3) is 0 Å². The van der Waals surface area contributed by atoms with Crippen molar-refractivity contribution in [3.05, 3.63) is 30.1 Å². The smallest absolute Gasteiger partial charge is 0.243 e. The van der Waals surface area contributed by atoms with Crippen molar-refractivity contribution < 1.29 is 12.8 Å². The van der Waals surface area contributed by atoms with Gasteiger partial charge in [0.05, 0.1) is 4.90 Å². The van der Waals surface area contributed by atoms with Gasteiger partial charge in [-0.1, -0.05) is 6.92 Å². The van der Waals surface area contributed by atoms with Gasteiger partial charge in [-0.15, -0.1) is 0 Å². The maximum absolute atomic E-state index is 12.9. The van der Waals surface area contributed by atoms with E-state index in [4.69, 9.17) is 5.73 Å². The van der Waals surface area contributed by atoms with Crippen LogP contribution in [0.15, 0.2) is 29.2 Å². The number of hydrogen-bond acceptors (Lipinski definition) is 4. The number of hydrogen-bond donors (Lipinski definition) is 1. The summed E-state index contributed by atoms with van der Waals surface area (Å²) >= 11 is 0. The van der Waals surface area contributed by atoms with E-state index in [9.17, 15) is 12.8 Å². The maximum Gasteiger partial charge on any atom is 0.243 e. The van der Waals surface area contributed by atoms with Crippen LogP contribution in [0.4, 0.5) is 4.39 Å². The van der Waals surface area contributed by atoms with E-state index in [1.807, 2.05) is 0 Å². The molecule has 0 aliphatic carbocycles. The van der Waals surface area contributed by atoms with Crippen LogP contribution < -0.4 is 5.73 Å². The SMILES string of the molecule is CCC(CN)N1CCN(S(=O)(=O)c2ccc(F)cc2)CC1. The van der Waals surface area contributed by atoms with Gasteiger partial charge >= 0.3 is 0 Å². The van der Waals surface area contributed by atoms with Crippen LogP contribution >= 0.6 is 0 Å². The summed E-state index contributed by atoms with van der Waals surface area (Å²) in [4.78, 5) is 2.37. The Kier molecular flexibility index (Phi) is 5.32. The minimum absolute atomic E-state index is 0.142. The Labute approximate surface area is 125 Å². The molecule has 2 N–H and O–H groups in total. The van der Waals surface area contributed by atoms with Gasteiger partial charge in [-0.25, -0.2) is 12.8 Å². The molecule has 1 saturated heterocycles. The van der Waals surface area contributed by atoms with E-state index >= 15 is 0 Å². The summed E-state index contributed by atoms with van der Waals surface area (Å²) in [6, 6.07) is 5.27. The number of rotatable bonds is 5. The van der Waals surface area contributed by atoms with E-state index in [1.165, 1.54) is 28.6 Å². The van der Waals surface area contributed by atoms with Crippen molar-refractivity contribution >= 4 is 10.0 Å². The Hall–Kier alpha value is -1.02. The van der Waals surface area contributed by atoms with Gasteiger partial charge in [0.1, 0.15) is 5.82 Å². The average molecular weight is 315 g/mol. The van der Waals surface area contributed by atoms with Gasteiger partial charge in [-0.2, -0.15) is 4.31 Å². The molecular formula is C14H22FN3O2S. The van der Waals surface area contributed by atoms with Gasteiger partial charge < -0.3 is 5.73 Å². The van der Waals surface area contributed by atoms with Crippen LogP contribution in [0.5, 0.6) is 0 Å². The summed E-state index contributed by atoms with van der Waals surface area (Å²) in [6.45, 7) is 4.90. The second kappa shape index (κ2) is 6.83. The first-order chi connectivity index (χ1) is 9.98. The lowest BCUT2D eigenvalue weighted by molar-refractivity contribution is 0.137. The molecule has 0 spiro atoms. The number of halogens is 1. The van der Waals surface area contributed by atoms with Crippen molar-refractivity contribution in [2.45, 2.75) is 24.3 Å². The number of nitrogens with zero attached hydrogens (tertiary/aromatic N) is 2. The summed E-state index contributed by atoms with van der Waals surface area (Å²) in [6.07, 6.45) is 0.960. The number of piperazine rings is 1. The molecule has 118 valence electrons. The Balaban J connectivity index is 2.06. The van der Waals surface area contributed by atoms with Gasteiger partial charge in [0.25, 0.3) is 0 Å². The van der Waals surface area contributed by atoms with Gasteiger partial charge in [0.2, 0.25) is 10.0 Å². The zero-order valence-electron chi connectivity index (χ0n) is 12.2. The molecule has 1 heterocycles. The second-order valence-corrected chi connectivity index (χ2v) is 7.13. The standard InChI is InChI=1S/C14H22FN3O2S/c1-2-13(11-16)17-7-9-18(10-8-17)21(19,20)14-5-3-12(15)4-6-14/h3-6,13H,2,7-11,16H2,1H3. The van der Waals surface area contributed by atoms with Gasteiger partial charge in [0, 0.05) is 38.8 Å². The third-order valence-electron chi connectivity index (χ3n) is 3.98. The first-order valence-corrected chi connectivity index (χ1v) is 8.63. The topological polar surface area (TPSA) is 66.6 Å². The maximum atomic E-state index is 12.9. The minimum atomic E-state index is -3.53. The molecule has 0 bridgehead atoms. The Morgan fingerprint density at radius 3 is 2.24 bits per heavy atom. The molecule has 0 saturated carbocycles. The molecule has 0 radical (unpaired) electrons. The number of sulfonamides is 1. The summed E-state index contributed by atoms with van der Waals surface area (Å²) < 4.78 is 39.3. The fourth-order valence-electron chi connectivity index (χ4n) is 2.64. The highest BCUT2D eigenvalue weighted by Crippen LogP contribution is 2.19. The molecule has 0 amide bonds. The van der Waals surface area contributed by atoms with E-state index in [0.29, 0.717) is 38.8 Å². The summed E-state index contributed by atoms with van der Waals surface area (Å²) in [5.74, 6) is -0.437. The van der Waals surface area contributed by atoms with Crippen LogP contribution in [-0.4, -0.2) is 56.4 Å². The fraction of sp³-hybridized carbons (Fsp3) is 0.571. The van der Waals surface area contributed by atoms with Gasteiger partial charge in [0.15, 0.2) is 0 Å². The highest BCUT2D eigenvalue weighted by Gasteiger charge is 2.30. The molecule has 1 aromatic carbocycles. The van der Waals surface area contributed by atoms with Gasteiger partial charge in [-0.3, -0.25) is 4.90 Å². The fourth-order valence-corrected chi connectivity index (χ4v) is 4.06. The molecule has 1 atom stereocenters. The monoisotopic (exact) mass is 315 g/mol. The lowest BCUT2D eigenvalue weighted by atomic mass is 10.1. The van der Waals surface area contributed by atoms with Crippen LogP contribution in [0.3, 0.4) is 0 Å². The van der Waals surface area contributed by atoms with Crippen molar-refractivity contribution in [3.8, 4) is 0 Å². The first kappa shape index (κ1) is 16.4. The normalized spacial score (nSPS) is 19.6. The summed E-state index contributed by atoms with van der Waals surface area (Å²) in [5, 5.41) is 0. The molecule has 1 aromatic rings. The molecule has 1 aliphatic heterocycles. The molecule has 0 aromatic heterocycles. The van der Waals surface area contributed by atoms with Gasteiger partial charge in [-0.05, 0) is 30.7 Å². The molecule has 5 nitrogen and oxygen atoms in total. The van der Waals surface area contributed by atoms with E-state index in [-0.39, 0.29) is 4.90 Å². The Morgan fingerprint density at radius 2 is 1.76 bits per heavy atom. The van der Waals surface area contributed by atoms with Crippen LogP contribution in [0, 0.1) is 5.82 Å². The van der Waals surface area contributed by atoms with Crippen LogP contribution in [0.1, 0.15) is 13.3 Å². The number of nitrogens with two attached hydrogens (primary N) is 1. The molecule has 1 fully saturated rings. The van der Waals surface area contributed by atoms with Crippen molar-refractivity contribution in [2.24, 2.45) is 5.73 Å².